The molecule has 7 heteroatoms. The number of thiazole rings is 1. The number of carbonyl (C=O) groups excluding carboxylic acids is 1. The molecule has 0 radical (unpaired) electrons. The van der Waals surface area contributed by atoms with Crippen molar-refractivity contribution in [1.82, 2.24) is 5.32 Å². The summed E-state index contributed by atoms with van der Waals surface area (Å²) in [6.07, 6.45) is 2.26. The molecule has 1 aromatic heterocycles. The molecular formula is C21H41N2O3SSi+. The summed E-state index contributed by atoms with van der Waals surface area (Å²) in [5.41, 5.74) is -0.532. The van der Waals surface area contributed by atoms with Crippen LogP contribution in [0.25, 0.3) is 0 Å². The molecule has 2 atom stereocenters. The zero-order valence-corrected chi connectivity index (χ0v) is 21.5. The van der Waals surface area contributed by atoms with E-state index < -0.39 is 13.9 Å². The van der Waals surface area contributed by atoms with Gasteiger partial charge in [-0.3, -0.25) is 0 Å². The predicted molar refractivity (Wildman–Crippen MR) is 119 cm³/mol. The number of carbonyl (C=O) groups is 1. The van der Waals surface area contributed by atoms with Gasteiger partial charge in [0, 0.05) is 0 Å². The molecule has 0 aromatic carbocycles. The van der Waals surface area contributed by atoms with Crippen molar-refractivity contribution in [2.75, 3.05) is 0 Å². The van der Waals surface area contributed by atoms with Gasteiger partial charge in [-0.1, -0.05) is 46.0 Å². The first-order valence-electron chi connectivity index (χ1n) is 10.1. The number of aryl methyl sites for hydroxylation is 1. The van der Waals surface area contributed by atoms with E-state index in [1.54, 1.807) is 11.3 Å². The second-order valence-corrected chi connectivity index (χ2v) is 16.2. The van der Waals surface area contributed by atoms with E-state index in [4.69, 9.17) is 9.16 Å². The second-order valence-electron chi connectivity index (χ2n) is 10.5. The molecule has 1 aromatic rings. The summed E-state index contributed by atoms with van der Waals surface area (Å²) in [7, 11) is -0.0220. The van der Waals surface area contributed by atoms with Gasteiger partial charge in [0.15, 0.2) is 20.6 Å². The molecule has 0 aliphatic carbocycles. The van der Waals surface area contributed by atoms with Gasteiger partial charge in [0.05, 0.1) is 11.4 Å². The van der Waals surface area contributed by atoms with Crippen molar-refractivity contribution in [3.05, 3.63) is 16.6 Å². The third-order valence-electron chi connectivity index (χ3n) is 5.08. The summed E-state index contributed by atoms with van der Waals surface area (Å²) in [5, 5.41) is 6.39. The Morgan fingerprint density at radius 2 is 1.79 bits per heavy atom. The van der Waals surface area contributed by atoms with Gasteiger partial charge in [-0.25, -0.2) is 4.79 Å². The largest absolute Gasteiger partial charge is 0.444 e. The maximum Gasteiger partial charge on any atom is 0.407 e. The Bertz CT molecular complexity index is 645. The van der Waals surface area contributed by atoms with Gasteiger partial charge in [0.1, 0.15) is 12.6 Å². The summed E-state index contributed by atoms with van der Waals surface area (Å²) in [4.78, 5) is 12.6. The fraction of sp³-hybridized carbons (Fsp3) is 0.810. The van der Waals surface area contributed by atoms with Crippen LogP contribution in [-0.2, 0) is 16.2 Å². The average Bonchev–Trinajstić information content (AvgIpc) is 2.86. The lowest BCUT2D eigenvalue weighted by molar-refractivity contribution is -0.677. The van der Waals surface area contributed by atoms with E-state index in [1.807, 2.05) is 34.0 Å². The van der Waals surface area contributed by atoms with Crippen LogP contribution in [0.4, 0.5) is 4.79 Å². The monoisotopic (exact) mass is 429 g/mol. The Hall–Kier alpha value is -0.923. The minimum atomic E-state index is -2.06. The quantitative estimate of drug-likeness (QED) is 0.455. The van der Waals surface area contributed by atoms with Crippen LogP contribution < -0.4 is 9.88 Å². The maximum absolute atomic E-state index is 12.6. The molecule has 28 heavy (non-hydrogen) atoms. The van der Waals surface area contributed by atoms with Gasteiger partial charge < -0.3 is 14.5 Å². The summed E-state index contributed by atoms with van der Waals surface area (Å²) in [5.74, 6) is 0.413. The lowest BCUT2D eigenvalue weighted by Gasteiger charge is -2.40. The van der Waals surface area contributed by atoms with E-state index in [0.717, 1.165) is 11.4 Å². The van der Waals surface area contributed by atoms with Gasteiger partial charge in [0.2, 0.25) is 0 Å². The van der Waals surface area contributed by atoms with Gasteiger partial charge in [0.25, 0.3) is 5.01 Å². The molecule has 0 aliphatic heterocycles. The number of hydrogen-bond donors (Lipinski definition) is 1. The fourth-order valence-electron chi connectivity index (χ4n) is 2.64. The first kappa shape index (κ1) is 25.1. The van der Waals surface area contributed by atoms with Gasteiger partial charge >= 0.3 is 6.09 Å². The number of amides is 1. The standard InChI is InChI=1S/C21H40N2O3SSi/c1-15(2)14-16(22-19(24)25-20(3,4)5)17(18-23(9)12-13-27-18)26-28(10,11)21(6,7)8/h12-13,15-17H,14H2,1-11H3/p+1/t16-,17+/m0/s1. The second kappa shape index (κ2) is 9.26. The Morgan fingerprint density at radius 3 is 2.18 bits per heavy atom. The van der Waals surface area contributed by atoms with Crippen LogP contribution >= 0.6 is 11.3 Å². The minimum Gasteiger partial charge on any atom is -0.444 e. The summed E-state index contributed by atoms with van der Waals surface area (Å²) in [6, 6.07) is -0.158. The SMILES string of the molecule is CC(C)C[C@H](NC(=O)OC(C)(C)C)[C@@H](O[Si](C)(C)C(C)(C)C)c1scc[n+]1C. The number of ether oxygens (including phenoxy) is 1. The van der Waals surface area contributed by atoms with E-state index in [2.05, 4.69) is 63.0 Å². The van der Waals surface area contributed by atoms with Gasteiger partial charge in [-0.15, -0.1) is 0 Å². The van der Waals surface area contributed by atoms with Crippen LogP contribution in [-0.4, -0.2) is 26.1 Å². The molecule has 1 heterocycles. The number of nitrogens with zero attached hydrogens (tertiary/aromatic N) is 1. The Kier molecular flexibility index (Phi) is 8.31. The zero-order chi connectivity index (χ0) is 21.9. The molecule has 0 aliphatic rings. The molecule has 5 nitrogen and oxygen atoms in total. The highest BCUT2D eigenvalue weighted by atomic mass is 32.1. The first-order valence-corrected chi connectivity index (χ1v) is 13.9. The number of hydrogen-bond acceptors (Lipinski definition) is 4. The predicted octanol–water partition coefficient (Wildman–Crippen LogP) is 5.57. The highest BCUT2D eigenvalue weighted by molar-refractivity contribution is 7.09. The van der Waals surface area contributed by atoms with Crippen molar-refractivity contribution < 1.29 is 18.5 Å². The molecule has 162 valence electrons. The fourth-order valence-corrected chi connectivity index (χ4v) is 4.95. The van der Waals surface area contributed by atoms with Crippen LogP contribution in [0.3, 0.4) is 0 Å². The summed E-state index contributed by atoms with van der Waals surface area (Å²) >= 11 is 1.67. The van der Waals surface area contributed by atoms with Crippen molar-refractivity contribution >= 4 is 25.7 Å². The maximum atomic E-state index is 12.6. The third kappa shape index (κ3) is 7.48. The molecule has 1 rings (SSSR count). The Balaban J connectivity index is 3.27. The van der Waals surface area contributed by atoms with Gasteiger partial charge in [-0.05, 0) is 51.2 Å². The summed E-state index contributed by atoms with van der Waals surface area (Å²) in [6.45, 7) is 21.2. The third-order valence-corrected chi connectivity index (χ3v) is 10.6. The molecule has 0 spiro atoms. The van der Waals surface area contributed by atoms with Crippen LogP contribution in [0, 0.1) is 5.92 Å². The zero-order valence-electron chi connectivity index (χ0n) is 19.7. The van der Waals surface area contributed by atoms with Crippen LogP contribution in [0.5, 0.6) is 0 Å². The van der Waals surface area contributed by atoms with Crippen molar-refractivity contribution in [3.8, 4) is 0 Å². The van der Waals surface area contributed by atoms with E-state index in [0.29, 0.717) is 5.92 Å². The van der Waals surface area contributed by atoms with Crippen LogP contribution in [0.1, 0.15) is 72.9 Å². The number of aromatic nitrogens is 1. The lowest BCUT2D eigenvalue weighted by atomic mass is 9.99. The minimum absolute atomic E-state index is 0.0788. The number of nitrogens with one attached hydrogen (secondary N) is 1. The molecule has 0 unspecified atom stereocenters. The smallest absolute Gasteiger partial charge is 0.407 e. The topological polar surface area (TPSA) is 51.4 Å². The van der Waals surface area contributed by atoms with E-state index in [9.17, 15) is 4.79 Å². The van der Waals surface area contributed by atoms with E-state index in [1.165, 1.54) is 0 Å². The van der Waals surface area contributed by atoms with Crippen LogP contribution in [0.15, 0.2) is 11.6 Å². The molecule has 0 saturated heterocycles. The molecular weight excluding hydrogens is 388 g/mol. The summed E-state index contributed by atoms with van der Waals surface area (Å²) < 4.78 is 14.5. The normalized spacial score (nSPS) is 15.4. The Morgan fingerprint density at radius 1 is 1.21 bits per heavy atom. The van der Waals surface area contributed by atoms with Crippen molar-refractivity contribution in [1.29, 1.82) is 0 Å². The van der Waals surface area contributed by atoms with Gasteiger partial charge in [-0.2, -0.15) is 4.57 Å². The van der Waals surface area contributed by atoms with Crippen LogP contribution in [0.2, 0.25) is 18.1 Å². The highest BCUT2D eigenvalue weighted by Gasteiger charge is 2.44. The van der Waals surface area contributed by atoms with E-state index in [-0.39, 0.29) is 23.3 Å². The molecule has 0 fully saturated rings. The first-order chi connectivity index (χ1) is 12.5. The lowest BCUT2D eigenvalue weighted by Crippen LogP contribution is -2.51. The molecule has 0 saturated carbocycles. The molecule has 0 bridgehead atoms. The number of alkyl carbamates (subject to hydrolysis) is 1. The van der Waals surface area contributed by atoms with Crippen molar-refractivity contribution in [2.24, 2.45) is 13.0 Å². The average molecular weight is 430 g/mol. The Labute approximate surface area is 177 Å². The van der Waals surface area contributed by atoms with E-state index >= 15 is 0 Å². The molecule has 1 N–H and O–H groups in total. The van der Waals surface area contributed by atoms with Crippen molar-refractivity contribution in [2.45, 2.75) is 97.7 Å². The van der Waals surface area contributed by atoms with Crippen molar-refractivity contribution in [3.63, 3.8) is 0 Å². The number of rotatable bonds is 7. The highest BCUT2D eigenvalue weighted by Crippen LogP contribution is 2.41. The molecule has 1 amide bonds.